The van der Waals surface area contributed by atoms with Crippen LogP contribution in [0, 0.1) is 14.9 Å². The largest absolute Gasteiger partial charge is 0.240 e. The molecule has 0 unspecified atom stereocenters. The molecule has 0 fully saturated rings. The van der Waals surface area contributed by atoms with Crippen LogP contribution in [0.4, 0.5) is 0 Å². The quantitative estimate of drug-likeness (QED) is 0.622. The fourth-order valence-electron chi connectivity index (χ4n) is 1.23. The van der Waals surface area contributed by atoms with Gasteiger partial charge in [0, 0.05) is 16.5 Å². The summed E-state index contributed by atoms with van der Waals surface area (Å²) < 4.78 is 27.1. The summed E-state index contributed by atoms with van der Waals surface area (Å²) in [5.74, 6) is 0. The van der Waals surface area contributed by atoms with E-state index in [1.165, 1.54) is 0 Å². The molecule has 0 spiro atoms. The number of sulfonamides is 1. The van der Waals surface area contributed by atoms with Crippen molar-refractivity contribution in [2.45, 2.75) is 24.2 Å². The first-order valence-corrected chi connectivity index (χ1v) is 7.74. The molecule has 0 bridgehead atoms. The van der Waals surface area contributed by atoms with Crippen molar-refractivity contribution < 1.29 is 8.42 Å². The molecule has 6 heteroatoms. The molecule has 0 aliphatic rings. The Kier molecular flexibility index (Phi) is 5.88. The Bertz CT molecular complexity index is 491. The highest BCUT2D eigenvalue weighted by atomic mass is 127. The van der Waals surface area contributed by atoms with Gasteiger partial charge in [-0.15, -0.1) is 0 Å². The summed E-state index contributed by atoms with van der Waals surface area (Å²) in [5, 5.41) is 8.34. The zero-order chi connectivity index (χ0) is 12.7. The zero-order valence-electron chi connectivity index (χ0n) is 9.19. The molecule has 1 rings (SSSR count). The Hall–Kier alpha value is -0.650. The van der Waals surface area contributed by atoms with Gasteiger partial charge in [-0.3, -0.25) is 0 Å². The average molecular weight is 364 g/mol. The van der Waals surface area contributed by atoms with Crippen LogP contribution in [0.1, 0.15) is 19.3 Å². The molecule has 0 radical (unpaired) electrons. The predicted octanol–water partition coefficient (Wildman–Crippen LogP) is 2.26. The third-order valence-electron chi connectivity index (χ3n) is 2.13. The highest BCUT2D eigenvalue weighted by Gasteiger charge is 2.12. The van der Waals surface area contributed by atoms with Crippen LogP contribution in [0.3, 0.4) is 0 Å². The Morgan fingerprint density at radius 3 is 2.47 bits per heavy atom. The van der Waals surface area contributed by atoms with E-state index in [4.69, 9.17) is 5.26 Å². The minimum absolute atomic E-state index is 0.276. The van der Waals surface area contributed by atoms with Gasteiger partial charge in [0.2, 0.25) is 10.0 Å². The van der Waals surface area contributed by atoms with Gasteiger partial charge in [0.15, 0.2) is 0 Å². The molecule has 1 aromatic carbocycles. The van der Waals surface area contributed by atoms with E-state index in [1.54, 1.807) is 24.3 Å². The minimum atomic E-state index is -3.40. The van der Waals surface area contributed by atoms with Gasteiger partial charge in [-0.25, -0.2) is 13.1 Å². The van der Waals surface area contributed by atoms with Crippen molar-refractivity contribution in [2.75, 3.05) is 6.54 Å². The number of unbranched alkanes of at least 4 members (excludes halogenated alkanes) is 2. The predicted molar refractivity (Wildman–Crippen MR) is 73.8 cm³/mol. The molecular formula is C11H13IN2O2S. The van der Waals surface area contributed by atoms with Crippen LogP contribution in [-0.4, -0.2) is 15.0 Å². The summed E-state index contributed by atoms with van der Waals surface area (Å²) in [7, 11) is -3.40. The summed E-state index contributed by atoms with van der Waals surface area (Å²) in [4.78, 5) is 0.276. The van der Waals surface area contributed by atoms with E-state index in [2.05, 4.69) is 27.3 Å². The molecule has 0 aliphatic heterocycles. The number of hydrogen-bond donors (Lipinski definition) is 1. The summed E-state index contributed by atoms with van der Waals surface area (Å²) in [6.07, 6.45) is 1.86. The second-order valence-electron chi connectivity index (χ2n) is 3.47. The Morgan fingerprint density at radius 2 is 1.88 bits per heavy atom. The molecule has 0 atom stereocenters. The van der Waals surface area contributed by atoms with E-state index in [0.717, 1.165) is 3.57 Å². The third kappa shape index (κ3) is 5.02. The number of rotatable bonds is 6. The lowest BCUT2D eigenvalue weighted by Gasteiger charge is -2.06. The minimum Gasteiger partial charge on any atom is -0.211 e. The van der Waals surface area contributed by atoms with Crippen LogP contribution < -0.4 is 4.72 Å². The molecule has 0 aromatic heterocycles. The number of hydrogen-bond acceptors (Lipinski definition) is 3. The highest BCUT2D eigenvalue weighted by molar-refractivity contribution is 14.1. The maximum atomic E-state index is 11.8. The summed E-state index contributed by atoms with van der Waals surface area (Å²) in [6, 6.07) is 8.70. The molecular weight excluding hydrogens is 351 g/mol. The van der Waals surface area contributed by atoms with Crippen molar-refractivity contribution in [3.8, 4) is 6.07 Å². The standard InChI is InChI=1S/C11H13IN2O2S/c12-10-4-6-11(7-5-10)17(15,16)14-9-3-1-2-8-13/h4-7,14H,1-3,9H2. The SMILES string of the molecule is N#CCCCCNS(=O)(=O)c1ccc(I)cc1. The third-order valence-corrected chi connectivity index (χ3v) is 4.33. The van der Waals surface area contributed by atoms with E-state index in [9.17, 15) is 8.42 Å². The van der Waals surface area contributed by atoms with Crippen LogP contribution in [0.2, 0.25) is 0 Å². The topological polar surface area (TPSA) is 70.0 Å². The van der Waals surface area contributed by atoms with E-state index < -0.39 is 10.0 Å². The van der Waals surface area contributed by atoms with Crippen molar-refractivity contribution in [1.29, 1.82) is 5.26 Å². The molecule has 0 amide bonds. The smallest absolute Gasteiger partial charge is 0.211 e. The van der Waals surface area contributed by atoms with Gasteiger partial charge < -0.3 is 0 Å². The van der Waals surface area contributed by atoms with Crippen LogP contribution in [-0.2, 0) is 10.0 Å². The van der Waals surface area contributed by atoms with E-state index in [1.807, 2.05) is 6.07 Å². The molecule has 92 valence electrons. The van der Waals surface area contributed by atoms with Gasteiger partial charge in [0.25, 0.3) is 0 Å². The molecule has 0 saturated heterocycles. The van der Waals surface area contributed by atoms with Gasteiger partial charge in [-0.1, -0.05) is 0 Å². The molecule has 0 saturated carbocycles. The molecule has 4 nitrogen and oxygen atoms in total. The Morgan fingerprint density at radius 1 is 1.24 bits per heavy atom. The summed E-state index contributed by atoms with van der Waals surface area (Å²) >= 11 is 2.12. The number of nitriles is 1. The lowest BCUT2D eigenvalue weighted by molar-refractivity contribution is 0.577. The number of benzene rings is 1. The number of halogens is 1. The van der Waals surface area contributed by atoms with E-state index >= 15 is 0 Å². The fourth-order valence-corrected chi connectivity index (χ4v) is 2.67. The monoisotopic (exact) mass is 364 g/mol. The highest BCUT2D eigenvalue weighted by Crippen LogP contribution is 2.11. The van der Waals surface area contributed by atoms with Gasteiger partial charge in [-0.2, -0.15) is 5.26 Å². The van der Waals surface area contributed by atoms with Gasteiger partial charge >= 0.3 is 0 Å². The first-order valence-electron chi connectivity index (χ1n) is 5.18. The van der Waals surface area contributed by atoms with Crippen LogP contribution in [0.5, 0.6) is 0 Å². The number of nitrogens with one attached hydrogen (secondary N) is 1. The lowest BCUT2D eigenvalue weighted by Crippen LogP contribution is -2.24. The van der Waals surface area contributed by atoms with Crippen molar-refractivity contribution in [3.05, 3.63) is 27.8 Å². The van der Waals surface area contributed by atoms with Crippen molar-refractivity contribution >= 4 is 32.6 Å². The van der Waals surface area contributed by atoms with E-state index in [-0.39, 0.29) is 4.90 Å². The van der Waals surface area contributed by atoms with Gasteiger partial charge in [0.1, 0.15) is 0 Å². The lowest BCUT2D eigenvalue weighted by atomic mass is 10.2. The second-order valence-corrected chi connectivity index (χ2v) is 6.48. The summed E-state index contributed by atoms with van der Waals surface area (Å²) in [6.45, 7) is 0.371. The normalized spacial score (nSPS) is 11.1. The molecule has 17 heavy (non-hydrogen) atoms. The van der Waals surface area contributed by atoms with Gasteiger partial charge in [0.05, 0.1) is 11.0 Å². The molecule has 1 aromatic rings. The molecule has 0 heterocycles. The first-order chi connectivity index (χ1) is 8.06. The average Bonchev–Trinajstić information content (AvgIpc) is 2.29. The van der Waals surface area contributed by atoms with Gasteiger partial charge in [-0.05, 0) is 59.7 Å². The van der Waals surface area contributed by atoms with Crippen LogP contribution in [0.25, 0.3) is 0 Å². The molecule has 0 aliphatic carbocycles. The number of nitrogens with zero attached hydrogens (tertiary/aromatic N) is 1. The first kappa shape index (κ1) is 14.4. The van der Waals surface area contributed by atoms with E-state index in [0.29, 0.717) is 25.8 Å². The van der Waals surface area contributed by atoms with Crippen molar-refractivity contribution in [3.63, 3.8) is 0 Å². The fraction of sp³-hybridized carbons (Fsp3) is 0.364. The second kappa shape index (κ2) is 6.93. The summed E-state index contributed by atoms with van der Waals surface area (Å²) in [5.41, 5.74) is 0. The Labute approximate surface area is 115 Å². The molecule has 1 N–H and O–H groups in total. The maximum Gasteiger partial charge on any atom is 0.240 e. The Balaban J connectivity index is 2.52. The van der Waals surface area contributed by atoms with Crippen molar-refractivity contribution in [1.82, 2.24) is 4.72 Å². The zero-order valence-corrected chi connectivity index (χ0v) is 12.2. The van der Waals surface area contributed by atoms with Crippen LogP contribution in [0.15, 0.2) is 29.2 Å². The maximum absolute atomic E-state index is 11.8. The van der Waals surface area contributed by atoms with Crippen LogP contribution >= 0.6 is 22.6 Å². The van der Waals surface area contributed by atoms with Crippen molar-refractivity contribution in [2.24, 2.45) is 0 Å².